The number of fused-ring (bicyclic) bond motifs is 1. The van der Waals surface area contributed by atoms with Crippen molar-refractivity contribution < 1.29 is 45.5 Å². The Morgan fingerprint density at radius 3 is 2.10 bits per heavy atom. The van der Waals surface area contributed by atoms with Crippen LogP contribution in [0.2, 0.25) is 0 Å². The van der Waals surface area contributed by atoms with Gasteiger partial charge in [0.25, 0.3) is 0 Å². The van der Waals surface area contributed by atoms with E-state index in [1.54, 1.807) is 45.0 Å². The zero-order valence-electron chi connectivity index (χ0n) is 22.5. The fraction of sp³-hybridized carbons (Fsp3) is 0.464. The standard InChI is InChI=1S/C28H29F6N3O4/c1-25(2,3)41-24(40)36-26(10-11-26)23(39)35-20-9-8-17-6-4-5-7-21(17)37(22(20)38)15-16-12-18(27(29,30)31)14-19(13-16)28(32,33)34/h4-7,12-14,20H,8-11,15H2,1-3H3,(H,35,39)(H,36,40). The number of amides is 3. The molecule has 222 valence electrons. The summed E-state index contributed by atoms with van der Waals surface area (Å²) in [5, 5.41) is 5.18. The van der Waals surface area contributed by atoms with E-state index in [-0.39, 0.29) is 18.1 Å². The lowest BCUT2D eigenvalue weighted by Gasteiger charge is -2.28. The van der Waals surface area contributed by atoms with E-state index in [1.165, 1.54) is 0 Å². The quantitative estimate of drug-likeness (QED) is 0.438. The van der Waals surface area contributed by atoms with Crippen LogP contribution in [0, 0.1) is 0 Å². The number of nitrogens with one attached hydrogen (secondary N) is 2. The Hall–Kier alpha value is -3.77. The highest BCUT2D eigenvalue weighted by atomic mass is 19.4. The van der Waals surface area contributed by atoms with Crippen LogP contribution >= 0.6 is 0 Å². The van der Waals surface area contributed by atoms with Crippen LogP contribution < -0.4 is 15.5 Å². The summed E-state index contributed by atoms with van der Waals surface area (Å²) in [6.07, 6.45) is -9.89. The zero-order chi connectivity index (χ0) is 30.4. The summed E-state index contributed by atoms with van der Waals surface area (Å²) in [7, 11) is 0. The minimum absolute atomic E-state index is 0.0253. The molecule has 4 rings (SSSR count). The maximum absolute atomic E-state index is 13.7. The lowest BCUT2D eigenvalue weighted by molar-refractivity contribution is -0.143. The third-order valence-electron chi connectivity index (χ3n) is 6.77. The van der Waals surface area contributed by atoms with E-state index in [9.17, 15) is 40.7 Å². The van der Waals surface area contributed by atoms with Crippen molar-refractivity contribution in [3.63, 3.8) is 0 Å². The minimum atomic E-state index is -5.05. The van der Waals surface area contributed by atoms with Gasteiger partial charge in [0, 0.05) is 5.69 Å². The zero-order valence-corrected chi connectivity index (χ0v) is 22.5. The van der Waals surface area contributed by atoms with Gasteiger partial charge in [-0.2, -0.15) is 26.3 Å². The molecule has 2 aromatic rings. The number of hydrogen-bond acceptors (Lipinski definition) is 4. The van der Waals surface area contributed by atoms with E-state index in [0.29, 0.717) is 42.6 Å². The summed E-state index contributed by atoms with van der Waals surface area (Å²) in [5.41, 5.74) is -4.52. The van der Waals surface area contributed by atoms with Gasteiger partial charge in [-0.05, 0) is 81.8 Å². The molecule has 0 bridgehead atoms. The van der Waals surface area contributed by atoms with Gasteiger partial charge >= 0.3 is 18.4 Å². The molecule has 1 unspecified atom stereocenters. The molecule has 0 aromatic heterocycles. The van der Waals surface area contributed by atoms with Gasteiger partial charge in [-0.15, -0.1) is 0 Å². The predicted molar refractivity (Wildman–Crippen MR) is 136 cm³/mol. The van der Waals surface area contributed by atoms with Crippen molar-refractivity contribution in [1.29, 1.82) is 0 Å². The number of hydrogen-bond donors (Lipinski definition) is 2. The number of ether oxygens (including phenoxy) is 1. The molecule has 1 heterocycles. The van der Waals surface area contributed by atoms with Crippen molar-refractivity contribution in [2.45, 2.75) is 82.5 Å². The average molecular weight is 586 g/mol. The molecule has 1 fully saturated rings. The number of carbonyl (C=O) groups is 3. The monoisotopic (exact) mass is 585 g/mol. The summed E-state index contributed by atoms with van der Waals surface area (Å²) in [6.45, 7) is 4.37. The van der Waals surface area contributed by atoms with E-state index in [2.05, 4.69) is 10.6 Å². The molecule has 3 amide bonds. The number of alkyl carbamates (subject to hydrolysis) is 1. The Labute approximate surface area is 232 Å². The highest BCUT2D eigenvalue weighted by Gasteiger charge is 2.53. The van der Waals surface area contributed by atoms with Crippen LogP contribution in [0.3, 0.4) is 0 Å². The van der Waals surface area contributed by atoms with Crippen LogP contribution in [-0.2, 0) is 39.6 Å². The SMILES string of the molecule is CC(C)(C)OC(=O)NC1(C(=O)NC2CCc3ccccc3N(Cc3cc(C(F)(F)F)cc(C(F)(F)F)c3)C2=O)CC1. The molecule has 1 atom stereocenters. The number of alkyl halides is 6. The topological polar surface area (TPSA) is 87.7 Å². The van der Waals surface area contributed by atoms with Gasteiger partial charge in [-0.1, -0.05) is 18.2 Å². The molecule has 13 heteroatoms. The number of rotatable bonds is 5. The molecule has 2 N–H and O–H groups in total. The molecule has 2 aromatic carbocycles. The maximum Gasteiger partial charge on any atom is 0.416 e. The Bertz CT molecular complexity index is 1310. The summed E-state index contributed by atoms with van der Waals surface area (Å²) in [5.74, 6) is -1.34. The third-order valence-corrected chi connectivity index (χ3v) is 6.77. The van der Waals surface area contributed by atoms with E-state index in [0.717, 1.165) is 4.90 Å². The lowest BCUT2D eigenvalue weighted by Crippen LogP contribution is -2.56. The van der Waals surface area contributed by atoms with Crippen LogP contribution in [0.15, 0.2) is 42.5 Å². The Kier molecular flexibility index (Phi) is 7.78. The van der Waals surface area contributed by atoms with Gasteiger partial charge in [0.2, 0.25) is 11.8 Å². The fourth-order valence-electron chi connectivity index (χ4n) is 4.64. The first kappa shape index (κ1) is 30.2. The molecular weight excluding hydrogens is 556 g/mol. The molecule has 0 saturated heterocycles. The van der Waals surface area contributed by atoms with Gasteiger partial charge in [0.1, 0.15) is 17.2 Å². The molecule has 1 aliphatic carbocycles. The summed E-state index contributed by atoms with van der Waals surface area (Å²) < 4.78 is 86.0. The Balaban J connectivity index is 1.62. The number of aryl methyl sites for hydroxylation is 1. The molecule has 2 aliphatic rings. The van der Waals surface area contributed by atoms with Crippen molar-refractivity contribution >= 4 is 23.6 Å². The molecular formula is C28H29F6N3O4. The fourth-order valence-corrected chi connectivity index (χ4v) is 4.64. The lowest BCUT2D eigenvalue weighted by atomic mass is 10.0. The largest absolute Gasteiger partial charge is 0.444 e. The smallest absolute Gasteiger partial charge is 0.416 e. The van der Waals surface area contributed by atoms with Gasteiger partial charge in [0.05, 0.1) is 17.7 Å². The third kappa shape index (κ3) is 7.12. The van der Waals surface area contributed by atoms with Crippen molar-refractivity contribution in [1.82, 2.24) is 10.6 Å². The Morgan fingerprint density at radius 2 is 1.56 bits per heavy atom. The molecule has 0 spiro atoms. The highest BCUT2D eigenvalue weighted by Crippen LogP contribution is 2.39. The van der Waals surface area contributed by atoms with Gasteiger partial charge in [0.15, 0.2) is 0 Å². The van der Waals surface area contributed by atoms with Crippen LogP contribution in [0.25, 0.3) is 0 Å². The normalized spacial score (nSPS) is 18.7. The minimum Gasteiger partial charge on any atom is -0.444 e. The number of nitrogens with zero attached hydrogens (tertiary/aromatic N) is 1. The number of anilines is 1. The predicted octanol–water partition coefficient (Wildman–Crippen LogP) is 5.75. The van der Waals surface area contributed by atoms with E-state index in [1.807, 2.05) is 0 Å². The first-order valence-electron chi connectivity index (χ1n) is 12.9. The summed E-state index contributed by atoms with van der Waals surface area (Å²) in [4.78, 5) is 40.3. The van der Waals surface area contributed by atoms with Crippen molar-refractivity contribution in [3.05, 3.63) is 64.7 Å². The highest BCUT2D eigenvalue weighted by molar-refractivity contribution is 6.02. The maximum atomic E-state index is 13.7. The van der Waals surface area contributed by atoms with Crippen molar-refractivity contribution in [2.24, 2.45) is 0 Å². The number of para-hydroxylation sites is 1. The second kappa shape index (κ2) is 10.6. The molecule has 1 aliphatic heterocycles. The van der Waals surface area contributed by atoms with Crippen molar-refractivity contribution in [3.8, 4) is 0 Å². The average Bonchev–Trinajstić information content (AvgIpc) is 3.63. The van der Waals surface area contributed by atoms with Gasteiger partial charge in [-0.25, -0.2) is 4.79 Å². The number of benzene rings is 2. The summed E-state index contributed by atoms with van der Waals surface area (Å²) in [6, 6.07) is 6.55. The summed E-state index contributed by atoms with van der Waals surface area (Å²) >= 11 is 0. The molecule has 0 radical (unpaired) electrons. The molecule has 1 saturated carbocycles. The van der Waals surface area contributed by atoms with E-state index < -0.39 is 65.1 Å². The first-order valence-corrected chi connectivity index (χ1v) is 12.9. The number of halogens is 6. The van der Waals surface area contributed by atoms with Crippen LogP contribution in [0.5, 0.6) is 0 Å². The van der Waals surface area contributed by atoms with Crippen LogP contribution in [-0.4, -0.2) is 35.1 Å². The first-order chi connectivity index (χ1) is 18.9. The van der Waals surface area contributed by atoms with Crippen molar-refractivity contribution in [2.75, 3.05) is 4.90 Å². The van der Waals surface area contributed by atoms with E-state index >= 15 is 0 Å². The molecule has 41 heavy (non-hydrogen) atoms. The molecule has 7 nitrogen and oxygen atoms in total. The van der Waals surface area contributed by atoms with Crippen LogP contribution in [0.1, 0.15) is 62.3 Å². The second-order valence-corrected chi connectivity index (χ2v) is 11.2. The second-order valence-electron chi connectivity index (χ2n) is 11.2. The Morgan fingerprint density at radius 1 is 0.976 bits per heavy atom. The number of carbonyl (C=O) groups excluding carboxylic acids is 3. The van der Waals surface area contributed by atoms with Crippen LogP contribution in [0.4, 0.5) is 36.8 Å². The van der Waals surface area contributed by atoms with Gasteiger partial charge < -0.3 is 20.3 Å². The van der Waals surface area contributed by atoms with Gasteiger partial charge in [-0.3, -0.25) is 9.59 Å². The van der Waals surface area contributed by atoms with E-state index in [4.69, 9.17) is 4.74 Å².